The lowest BCUT2D eigenvalue weighted by molar-refractivity contribution is -0.0123. The first-order valence-electron chi connectivity index (χ1n) is 5.18. The molecule has 2 atom stereocenters. The van der Waals surface area contributed by atoms with E-state index in [1.807, 2.05) is 0 Å². The minimum atomic E-state index is -0.644. The van der Waals surface area contributed by atoms with Gasteiger partial charge in [0.05, 0.1) is 12.0 Å². The molecule has 0 aromatic heterocycles. The molecule has 84 valence electrons. The highest BCUT2D eigenvalue weighted by Gasteiger charge is 2.29. The van der Waals surface area contributed by atoms with Gasteiger partial charge in [-0.25, -0.2) is 8.78 Å². The molecule has 1 aliphatic rings. The Kier molecular flexibility index (Phi) is 3.16. The molecular formula is C12H11F2NO. The molecule has 0 amide bonds. The first-order valence-corrected chi connectivity index (χ1v) is 5.18. The maximum atomic E-state index is 13.5. The van der Waals surface area contributed by atoms with Crippen molar-refractivity contribution in [3.63, 3.8) is 0 Å². The van der Waals surface area contributed by atoms with Crippen LogP contribution in [0, 0.1) is 28.9 Å². The number of hydrogen-bond acceptors (Lipinski definition) is 2. The quantitative estimate of drug-likeness (QED) is 0.733. The van der Waals surface area contributed by atoms with Crippen LogP contribution < -0.4 is 0 Å². The summed E-state index contributed by atoms with van der Waals surface area (Å²) in [7, 11) is 0. The number of rotatable bonds is 1. The molecule has 1 aromatic carbocycles. The Balaban J connectivity index is 2.34. The Morgan fingerprint density at radius 1 is 1.38 bits per heavy atom. The van der Waals surface area contributed by atoms with E-state index in [4.69, 9.17) is 10.00 Å². The third-order valence-corrected chi connectivity index (χ3v) is 2.75. The van der Waals surface area contributed by atoms with Gasteiger partial charge in [0.15, 0.2) is 0 Å². The van der Waals surface area contributed by atoms with Crippen LogP contribution in [-0.2, 0) is 4.74 Å². The molecule has 1 aromatic rings. The number of hydrogen-bond donors (Lipinski definition) is 0. The van der Waals surface area contributed by atoms with Crippen LogP contribution in [-0.4, -0.2) is 6.61 Å². The fourth-order valence-corrected chi connectivity index (χ4v) is 1.95. The third kappa shape index (κ3) is 2.05. The molecule has 1 aliphatic heterocycles. The Morgan fingerprint density at radius 3 is 2.94 bits per heavy atom. The van der Waals surface area contributed by atoms with Crippen LogP contribution in [0.25, 0.3) is 0 Å². The van der Waals surface area contributed by atoms with E-state index in [2.05, 4.69) is 6.07 Å². The van der Waals surface area contributed by atoms with Crippen molar-refractivity contribution in [2.45, 2.75) is 18.9 Å². The summed E-state index contributed by atoms with van der Waals surface area (Å²) in [6.07, 6.45) is 0.803. The molecule has 0 bridgehead atoms. The van der Waals surface area contributed by atoms with Crippen molar-refractivity contribution < 1.29 is 13.5 Å². The highest BCUT2D eigenvalue weighted by atomic mass is 19.1. The van der Waals surface area contributed by atoms with E-state index >= 15 is 0 Å². The van der Waals surface area contributed by atoms with E-state index in [0.717, 1.165) is 24.6 Å². The molecule has 1 heterocycles. The zero-order valence-corrected chi connectivity index (χ0v) is 8.62. The molecule has 16 heavy (non-hydrogen) atoms. The molecule has 2 unspecified atom stereocenters. The minimum absolute atomic E-state index is 0.145. The van der Waals surface area contributed by atoms with Crippen molar-refractivity contribution in [3.05, 3.63) is 35.4 Å². The zero-order valence-electron chi connectivity index (χ0n) is 8.62. The van der Waals surface area contributed by atoms with E-state index in [0.29, 0.717) is 13.0 Å². The van der Waals surface area contributed by atoms with Crippen LogP contribution in [0.15, 0.2) is 18.2 Å². The molecule has 2 nitrogen and oxygen atoms in total. The summed E-state index contributed by atoms with van der Waals surface area (Å²) in [6, 6.07) is 5.32. The van der Waals surface area contributed by atoms with Crippen molar-refractivity contribution in [2.75, 3.05) is 6.61 Å². The Labute approximate surface area is 92.5 Å². The lowest BCUT2D eigenvalue weighted by Crippen LogP contribution is -2.22. The highest BCUT2D eigenvalue weighted by molar-refractivity contribution is 5.23. The van der Waals surface area contributed by atoms with Crippen molar-refractivity contribution >= 4 is 0 Å². The van der Waals surface area contributed by atoms with Crippen LogP contribution in [0.3, 0.4) is 0 Å². The summed E-state index contributed by atoms with van der Waals surface area (Å²) in [6.45, 7) is 0.485. The van der Waals surface area contributed by atoms with Gasteiger partial charge >= 0.3 is 0 Å². The van der Waals surface area contributed by atoms with Gasteiger partial charge in [0.25, 0.3) is 0 Å². The van der Waals surface area contributed by atoms with Gasteiger partial charge in [-0.2, -0.15) is 5.26 Å². The van der Waals surface area contributed by atoms with Crippen molar-refractivity contribution in [2.24, 2.45) is 5.92 Å². The average molecular weight is 223 g/mol. The molecule has 0 radical (unpaired) electrons. The van der Waals surface area contributed by atoms with Gasteiger partial charge in [-0.3, -0.25) is 0 Å². The highest BCUT2D eigenvalue weighted by Crippen LogP contribution is 2.34. The standard InChI is InChI=1S/C12H11F2NO/c13-9-3-4-11(14)10(6-9)12-8(7-15)2-1-5-16-12/h3-4,6,8,12H,1-2,5H2. The molecule has 0 N–H and O–H groups in total. The molecular weight excluding hydrogens is 212 g/mol. The van der Waals surface area contributed by atoms with E-state index < -0.39 is 23.7 Å². The van der Waals surface area contributed by atoms with Crippen LogP contribution in [0.5, 0.6) is 0 Å². The van der Waals surface area contributed by atoms with Crippen LogP contribution >= 0.6 is 0 Å². The van der Waals surface area contributed by atoms with Crippen LogP contribution in [0.4, 0.5) is 8.78 Å². The average Bonchev–Trinajstić information content (AvgIpc) is 2.32. The molecule has 4 heteroatoms. The van der Waals surface area contributed by atoms with Crippen molar-refractivity contribution in [1.29, 1.82) is 5.26 Å². The van der Waals surface area contributed by atoms with Gasteiger partial charge in [0.2, 0.25) is 0 Å². The summed E-state index contributed by atoms with van der Waals surface area (Å²) in [5, 5.41) is 8.94. The number of benzene rings is 1. The van der Waals surface area contributed by atoms with E-state index in [1.165, 1.54) is 0 Å². The summed E-state index contributed by atoms with van der Waals surface area (Å²) < 4.78 is 31.9. The monoisotopic (exact) mass is 223 g/mol. The van der Waals surface area contributed by atoms with Gasteiger partial charge in [0, 0.05) is 12.2 Å². The minimum Gasteiger partial charge on any atom is -0.372 e. The molecule has 0 aliphatic carbocycles. The summed E-state index contributed by atoms with van der Waals surface area (Å²) in [5.74, 6) is -1.43. The third-order valence-electron chi connectivity index (χ3n) is 2.75. The summed E-state index contributed by atoms with van der Waals surface area (Å²) >= 11 is 0. The summed E-state index contributed by atoms with van der Waals surface area (Å²) in [4.78, 5) is 0. The Morgan fingerprint density at radius 2 is 2.19 bits per heavy atom. The van der Waals surface area contributed by atoms with E-state index in [1.54, 1.807) is 0 Å². The molecule has 1 fully saturated rings. The van der Waals surface area contributed by atoms with E-state index in [9.17, 15) is 8.78 Å². The Hall–Kier alpha value is -1.47. The number of nitrogens with zero attached hydrogens (tertiary/aromatic N) is 1. The van der Waals surface area contributed by atoms with E-state index in [-0.39, 0.29) is 5.56 Å². The lowest BCUT2D eigenvalue weighted by Gasteiger charge is -2.27. The van der Waals surface area contributed by atoms with Crippen LogP contribution in [0.2, 0.25) is 0 Å². The predicted molar refractivity (Wildman–Crippen MR) is 53.4 cm³/mol. The first-order chi connectivity index (χ1) is 7.72. The maximum absolute atomic E-state index is 13.5. The molecule has 0 saturated carbocycles. The normalized spacial score (nSPS) is 25.1. The van der Waals surface area contributed by atoms with Gasteiger partial charge in [-0.15, -0.1) is 0 Å². The fourth-order valence-electron chi connectivity index (χ4n) is 1.95. The molecule has 0 spiro atoms. The van der Waals surface area contributed by atoms with Crippen LogP contribution in [0.1, 0.15) is 24.5 Å². The van der Waals surface area contributed by atoms with Crippen molar-refractivity contribution in [1.82, 2.24) is 0 Å². The number of nitriles is 1. The molecule has 1 saturated heterocycles. The van der Waals surface area contributed by atoms with Gasteiger partial charge in [-0.05, 0) is 31.0 Å². The second-order valence-corrected chi connectivity index (χ2v) is 3.84. The zero-order chi connectivity index (χ0) is 11.5. The Bertz CT molecular complexity index is 428. The SMILES string of the molecule is N#CC1CCCOC1c1cc(F)ccc1F. The predicted octanol–water partition coefficient (Wildman–Crippen LogP) is 2.96. The first kappa shape index (κ1) is 11.0. The second kappa shape index (κ2) is 4.58. The number of ether oxygens (including phenoxy) is 1. The van der Waals surface area contributed by atoms with Gasteiger partial charge in [-0.1, -0.05) is 0 Å². The largest absolute Gasteiger partial charge is 0.372 e. The van der Waals surface area contributed by atoms with Crippen molar-refractivity contribution in [3.8, 4) is 6.07 Å². The number of halogens is 2. The second-order valence-electron chi connectivity index (χ2n) is 3.84. The fraction of sp³-hybridized carbons (Fsp3) is 0.417. The summed E-state index contributed by atoms with van der Waals surface area (Å²) in [5.41, 5.74) is 0.145. The van der Waals surface area contributed by atoms with Gasteiger partial charge in [0.1, 0.15) is 17.7 Å². The maximum Gasteiger partial charge on any atom is 0.129 e. The lowest BCUT2D eigenvalue weighted by atomic mass is 9.90. The topological polar surface area (TPSA) is 33.0 Å². The smallest absolute Gasteiger partial charge is 0.129 e. The van der Waals surface area contributed by atoms with Gasteiger partial charge < -0.3 is 4.74 Å². The molecule has 2 rings (SSSR count).